The molecule has 14 heavy (non-hydrogen) atoms. The van der Waals surface area contributed by atoms with E-state index in [9.17, 15) is 4.79 Å². The standard InChI is InChI=1S/C10H16O4/c1-13-8-4-2-6-9(7-3-5-8)14-10(11)12/h2,6,8-9H,3-5,7H2,1H3,(H,11,12). The summed E-state index contributed by atoms with van der Waals surface area (Å²) in [6.07, 6.45) is 5.96. The molecule has 1 N–H and O–H groups in total. The minimum absolute atomic E-state index is 0.261. The van der Waals surface area contributed by atoms with E-state index in [-0.39, 0.29) is 12.2 Å². The molecular weight excluding hydrogens is 184 g/mol. The van der Waals surface area contributed by atoms with Gasteiger partial charge in [0.2, 0.25) is 0 Å². The summed E-state index contributed by atoms with van der Waals surface area (Å²) < 4.78 is 9.92. The molecule has 0 heterocycles. The van der Waals surface area contributed by atoms with E-state index in [0.717, 1.165) is 25.7 Å². The van der Waals surface area contributed by atoms with Gasteiger partial charge in [0.1, 0.15) is 6.10 Å². The van der Waals surface area contributed by atoms with Gasteiger partial charge < -0.3 is 14.6 Å². The van der Waals surface area contributed by atoms with Crippen molar-refractivity contribution in [3.63, 3.8) is 0 Å². The Bertz CT molecular complexity index is 212. The average molecular weight is 200 g/mol. The Hall–Kier alpha value is -1.03. The Morgan fingerprint density at radius 3 is 2.93 bits per heavy atom. The third kappa shape index (κ3) is 3.79. The van der Waals surface area contributed by atoms with Crippen molar-refractivity contribution in [2.45, 2.75) is 37.9 Å². The van der Waals surface area contributed by atoms with Crippen LogP contribution in [0.1, 0.15) is 25.7 Å². The lowest BCUT2D eigenvalue weighted by Crippen LogP contribution is -2.18. The van der Waals surface area contributed by atoms with Crippen molar-refractivity contribution < 1.29 is 19.4 Å². The first kappa shape index (κ1) is 11.0. The van der Waals surface area contributed by atoms with Gasteiger partial charge in [-0.05, 0) is 31.8 Å². The smallest absolute Gasteiger partial charge is 0.450 e. The summed E-state index contributed by atoms with van der Waals surface area (Å²) >= 11 is 0. The molecule has 80 valence electrons. The minimum atomic E-state index is -1.21. The highest BCUT2D eigenvalue weighted by Gasteiger charge is 2.14. The lowest BCUT2D eigenvalue weighted by molar-refractivity contribution is 0.0568. The van der Waals surface area contributed by atoms with Gasteiger partial charge in [-0.15, -0.1) is 0 Å². The average Bonchev–Trinajstić information content (AvgIpc) is 2.08. The summed E-state index contributed by atoms with van der Waals surface area (Å²) in [5, 5.41) is 8.45. The highest BCUT2D eigenvalue weighted by molar-refractivity contribution is 5.57. The third-order valence-corrected chi connectivity index (χ3v) is 2.35. The maximum Gasteiger partial charge on any atom is 0.506 e. The first-order chi connectivity index (χ1) is 6.72. The van der Waals surface area contributed by atoms with E-state index in [1.165, 1.54) is 0 Å². The van der Waals surface area contributed by atoms with Gasteiger partial charge in [0.15, 0.2) is 0 Å². The van der Waals surface area contributed by atoms with Crippen LogP contribution in [0.4, 0.5) is 4.79 Å². The summed E-state index contributed by atoms with van der Waals surface area (Å²) in [6.45, 7) is 0. The Labute approximate surface area is 83.5 Å². The fraction of sp³-hybridized carbons (Fsp3) is 0.700. The van der Waals surface area contributed by atoms with Crippen molar-refractivity contribution in [2.75, 3.05) is 7.11 Å². The number of rotatable bonds is 2. The van der Waals surface area contributed by atoms with E-state index in [4.69, 9.17) is 9.84 Å². The van der Waals surface area contributed by atoms with Gasteiger partial charge in [-0.2, -0.15) is 0 Å². The molecule has 0 aliphatic heterocycles. The van der Waals surface area contributed by atoms with Crippen molar-refractivity contribution >= 4 is 6.16 Å². The van der Waals surface area contributed by atoms with Crippen molar-refractivity contribution in [3.05, 3.63) is 12.2 Å². The van der Waals surface area contributed by atoms with Crippen LogP contribution >= 0.6 is 0 Å². The Kier molecular flexibility index (Phi) is 4.46. The number of hydrogen-bond donors (Lipinski definition) is 1. The maximum absolute atomic E-state index is 10.3. The highest BCUT2D eigenvalue weighted by Crippen LogP contribution is 2.16. The van der Waals surface area contributed by atoms with Crippen LogP contribution in [-0.2, 0) is 9.47 Å². The van der Waals surface area contributed by atoms with Gasteiger partial charge in [-0.1, -0.05) is 6.08 Å². The van der Waals surface area contributed by atoms with Crippen LogP contribution in [0.2, 0.25) is 0 Å². The molecule has 0 aromatic rings. The molecule has 4 nitrogen and oxygen atoms in total. The van der Waals surface area contributed by atoms with Crippen LogP contribution in [0.3, 0.4) is 0 Å². The first-order valence-corrected chi connectivity index (χ1v) is 4.81. The number of methoxy groups -OCH3 is 1. The third-order valence-electron chi connectivity index (χ3n) is 2.35. The fourth-order valence-electron chi connectivity index (χ4n) is 1.58. The summed E-state index contributed by atoms with van der Waals surface area (Å²) in [6, 6.07) is 0. The number of hydrogen-bond acceptors (Lipinski definition) is 3. The molecule has 0 spiro atoms. The lowest BCUT2D eigenvalue weighted by atomic mass is 10.0. The molecule has 4 heteroatoms. The maximum atomic E-state index is 10.3. The van der Waals surface area contributed by atoms with Crippen molar-refractivity contribution in [2.24, 2.45) is 0 Å². The van der Waals surface area contributed by atoms with E-state index >= 15 is 0 Å². The number of carboxylic acid groups (broad SMARTS) is 1. The number of carbonyl (C=O) groups is 1. The predicted molar refractivity (Wildman–Crippen MR) is 51.3 cm³/mol. The molecular formula is C10H16O4. The number of ether oxygens (including phenoxy) is 2. The quantitative estimate of drug-likeness (QED) is 0.548. The van der Waals surface area contributed by atoms with Gasteiger partial charge in [-0.3, -0.25) is 0 Å². The van der Waals surface area contributed by atoms with Crippen LogP contribution in [0, 0.1) is 0 Å². The fourth-order valence-corrected chi connectivity index (χ4v) is 1.58. The second kappa shape index (κ2) is 5.65. The van der Waals surface area contributed by atoms with Crippen LogP contribution in [-0.4, -0.2) is 30.6 Å². The van der Waals surface area contributed by atoms with Crippen molar-refractivity contribution in [1.29, 1.82) is 0 Å². The van der Waals surface area contributed by atoms with E-state index in [2.05, 4.69) is 4.74 Å². The zero-order valence-corrected chi connectivity index (χ0v) is 8.31. The van der Waals surface area contributed by atoms with Gasteiger partial charge in [0.05, 0.1) is 6.10 Å². The topological polar surface area (TPSA) is 55.8 Å². The van der Waals surface area contributed by atoms with Crippen molar-refractivity contribution in [1.82, 2.24) is 0 Å². The molecule has 0 fully saturated rings. The Morgan fingerprint density at radius 2 is 2.29 bits per heavy atom. The second-order valence-electron chi connectivity index (χ2n) is 3.37. The van der Waals surface area contributed by atoms with E-state index in [0.29, 0.717) is 0 Å². The molecule has 0 amide bonds. The molecule has 0 saturated carbocycles. The lowest BCUT2D eigenvalue weighted by Gasteiger charge is -2.18. The molecule has 0 radical (unpaired) electrons. The van der Waals surface area contributed by atoms with Crippen LogP contribution < -0.4 is 0 Å². The van der Waals surface area contributed by atoms with Gasteiger partial charge in [-0.25, -0.2) is 4.79 Å². The molecule has 2 unspecified atom stereocenters. The van der Waals surface area contributed by atoms with Gasteiger partial charge in [0.25, 0.3) is 0 Å². The largest absolute Gasteiger partial charge is 0.506 e. The van der Waals surface area contributed by atoms with Crippen LogP contribution in [0.25, 0.3) is 0 Å². The Morgan fingerprint density at radius 1 is 1.50 bits per heavy atom. The molecule has 1 aliphatic carbocycles. The molecule has 0 aromatic carbocycles. The minimum Gasteiger partial charge on any atom is -0.450 e. The molecule has 0 saturated heterocycles. The molecule has 1 rings (SSSR count). The molecule has 0 aromatic heterocycles. The van der Waals surface area contributed by atoms with Crippen LogP contribution in [0.15, 0.2) is 12.2 Å². The molecule has 2 atom stereocenters. The highest BCUT2D eigenvalue weighted by atomic mass is 16.7. The normalized spacial score (nSPS) is 27.8. The van der Waals surface area contributed by atoms with E-state index < -0.39 is 6.16 Å². The summed E-state index contributed by atoms with van der Waals surface area (Å²) in [5.41, 5.74) is 0. The first-order valence-electron chi connectivity index (χ1n) is 4.81. The summed E-state index contributed by atoms with van der Waals surface area (Å²) in [7, 11) is 1.70. The molecule has 1 aliphatic rings. The SMILES string of the molecule is COC1CC=CC(OC(=O)O)CCC1. The molecule has 0 bridgehead atoms. The van der Waals surface area contributed by atoms with Gasteiger partial charge >= 0.3 is 6.16 Å². The summed E-state index contributed by atoms with van der Waals surface area (Å²) in [4.78, 5) is 10.3. The van der Waals surface area contributed by atoms with Crippen molar-refractivity contribution in [3.8, 4) is 0 Å². The monoisotopic (exact) mass is 200 g/mol. The Balaban J connectivity index is 2.42. The zero-order chi connectivity index (χ0) is 10.4. The summed E-state index contributed by atoms with van der Waals surface area (Å²) in [5.74, 6) is 0. The second-order valence-corrected chi connectivity index (χ2v) is 3.37. The van der Waals surface area contributed by atoms with E-state index in [1.807, 2.05) is 6.08 Å². The predicted octanol–water partition coefficient (Wildman–Crippen LogP) is 2.19. The zero-order valence-electron chi connectivity index (χ0n) is 8.31. The van der Waals surface area contributed by atoms with Gasteiger partial charge in [0, 0.05) is 7.11 Å². The van der Waals surface area contributed by atoms with Crippen LogP contribution in [0.5, 0.6) is 0 Å². The van der Waals surface area contributed by atoms with E-state index in [1.54, 1.807) is 13.2 Å².